The van der Waals surface area contributed by atoms with E-state index in [-0.39, 0.29) is 0 Å². The molecule has 1 aromatic heterocycles. The van der Waals surface area contributed by atoms with Crippen LogP contribution in [0.15, 0.2) is 22.6 Å². The largest absolute Gasteiger partial charge is 0.443 e. The molecule has 0 fully saturated rings. The number of nitrogens with zero attached hydrogens (tertiary/aromatic N) is 2. The van der Waals surface area contributed by atoms with Crippen molar-refractivity contribution in [2.45, 2.75) is 33.2 Å². The molecule has 1 aromatic carbocycles. The van der Waals surface area contributed by atoms with Crippen LogP contribution in [0.4, 0.5) is 5.69 Å². The Morgan fingerprint density at radius 2 is 2.11 bits per heavy atom. The second-order valence-electron chi connectivity index (χ2n) is 5.26. The molecule has 94 valence electrons. The first kappa shape index (κ1) is 11.3. The Hall–Kier alpha value is -1.77. The first-order valence-corrected chi connectivity index (χ1v) is 6.38. The van der Waals surface area contributed by atoms with Crippen molar-refractivity contribution < 1.29 is 4.42 Å². The van der Waals surface area contributed by atoms with Crippen molar-refractivity contribution in [3.63, 3.8) is 0 Å². The molecule has 2 aromatic rings. The molecule has 0 spiro atoms. The molecule has 18 heavy (non-hydrogen) atoms. The van der Waals surface area contributed by atoms with Gasteiger partial charge in [-0.15, -0.1) is 0 Å². The molecule has 1 aliphatic rings. The van der Waals surface area contributed by atoms with E-state index in [1.807, 2.05) is 6.92 Å². The minimum atomic E-state index is 0.511. The van der Waals surface area contributed by atoms with Gasteiger partial charge in [0.1, 0.15) is 5.69 Å². The second-order valence-corrected chi connectivity index (χ2v) is 5.26. The van der Waals surface area contributed by atoms with Crippen LogP contribution in [0.3, 0.4) is 0 Å². The molecule has 3 rings (SSSR count). The molecular formula is C15H18N2O. The van der Waals surface area contributed by atoms with Gasteiger partial charge in [-0.3, -0.25) is 0 Å². The maximum Gasteiger partial charge on any atom is 0.191 e. The van der Waals surface area contributed by atoms with E-state index in [9.17, 15) is 0 Å². The normalized spacial score (nSPS) is 13.7. The van der Waals surface area contributed by atoms with Crippen LogP contribution < -0.4 is 4.90 Å². The zero-order valence-corrected chi connectivity index (χ0v) is 11.3. The lowest BCUT2D eigenvalue weighted by Crippen LogP contribution is -2.22. The number of para-hydroxylation sites is 1. The molecule has 3 heteroatoms. The molecule has 0 bridgehead atoms. The Morgan fingerprint density at radius 3 is 2.83 bits per heavy atom. The van der Waals surface area contributed by atoms with Gasteiger partial charge in [-0.1, -0.05) is 32.0 Å². The molecule has 0 atom stereocenters. The van der Waals surface area contributed by atoms with E-state index < -0.39 is 0 Å². The highest BCUT2D eigenvalue weighted by Crippen LogP contribution is 2.42. The molecule has 3 nitrogen and oxygen atoms in total. The van der Waals surface area contributed by atoms with Gasteiger partial charge in [0.05, 0.1) is 6.54 Å². The van der Waals surface area contributed by atoms with Crippen LogP contribution in [-0.2, 0) is 6.54 Å². The van der Waals surface area contributed by atoms with Crippen LogP contribution in [0, 0.1) is 6.92 Å². The van der Waals surface area contributed by atoms with Crippen LogP contribution in [0.2, 0.25) is 0 Å². The third-order valence-corrected chi connectivity index (χ3v) is 3.51. The summed E-state index contributed by atoms with van der Waals surface area (Å²) in [6, 6.07) is 6.46. The molecule has 0 amide bonds. The lowest BCUT2D eigenvalue weighted by atomic mass is 9.93. The van der Waals surface area contributed by atoms with Crippen molar-refractivity contribution in [3.8, 4) is 11.3 Å². The van der Waals surface area contributed by atoms with E-state index in [2.05, 4.69) is 49.0 Å². The summed E-state index contributed by atoms with van der Waals surface area (Å²) in [6.45, 7) is 7.16. The van der Waals surface area contributed by atoms with E-state index in [1.54, 1.807) is 0 Å². The SMILES string of the molecule is Cc1nc2c(o1)CN(C)c1c-2cccc1C(C)C. The van der Waals surface area contributed by atoms with Crippen LogP contribution in [0.25, 0.3) is 11.3 Å². The van der Waals surface area contributed by atoms with Gasteiger partial charge in [0.2, 0.25) is 0 Å². The summed E-state index contributed by atoms with van der Waals surface area (Å²) in [5.74, 6) is 2.23. The maximum atomic E-state index is 5.68. The lowest BCUT2D eigenvalue weighted by Gasteiger charge is -2.29. The number of oxazole rings is 1. The Kier molecular flexibility index (Phi) is 2.44. The average Bonchev–Trinajstić information content (AvgIpc) is 2.69. The first-order chi connectivity index (χ1) is 8.58. The standard InChI is InChI=1S/C15H18N2O/c1-9(2)11-6-5-7-12-14-13(18-10(3)16-14)8-17(4)15(11)12/h5-7,9H,8H2,1-4H3. The van der Waals surface area contributed by atoms with Gasteiger partial charge in [-0.05, 0) is 11.5 Å². The van der Waals surface area contributed by atoms with Gasteiger partial charge in [-0.25, -0.2) is 4.98 Å². The third-order valence-electron chi connectivity index (χ3n) is 3.51. The summed E-state index contributed by atoms with van der Waals surface area (Å²) in [6.07, 6.45) is 0. The number of aryl methyl sites for hydroxylation is 1. The zero-order chi connectivity index (χ0) is 12.9. The summed E-state index contributed by atoms with van der Waals surface area (Å²) in [7, 11) is 2.12. The second kappa shape index (κ2) is 3.87. The van der Waals surface area contributed by atoms with E-state index >= 15 is 0 Å². The van der Waals surface area contributed by atoms with Gasteiger partial charge < -0.3 is 9.32 Å². The van der Waals surface area contributed by atoms with Crippen molar-refractivity contribution in [3.05, 3.63) is 35.4 Å². The highest BCUT2D eigenvalue weighted by atomic mass is 16.4. The van der Waals surface area contributed by atoms with Gasteiger partial charge in [0.15, 0.2) is 11.7 Å². The van der Waals surface area contributed by atoms with Gasteiger partial charge in [0, 0.05) is 25.2 Å². The predicted octanol–water partition coefficient (Wildman–Crippen LogP) is 3.72. The van der Waals surface area contributed by atoms with Gasteiger partial charge in [0.25, 0.3) is 0 Å². The fourth-order valence-electron chi connectivity index (χ4n) is 2.73. The highest BCUT2D eigenvalue weighted by molar-refractivity contribution is 5.82. The minimum Gasteiger partial charge on any atom is -0.443 e. The molecule has 0 unspecified atom stereocenters. The number of aromatic nitrogens is 1. The van der Waals surface area contributed by atoms with Crippen molar-refractivity contribution in [1.29, 1.82) is 0 Å². The van der Waals surface area contributed by atoms with E-state index in [1.165, 1.54) is 16.8 Å². The summed E-state index contributed by atoms with van der Waals surface area (Å²) < 4.78 is 5.68. The number of benzene rings is 1. The number of fused-ring (bicyclic) bond motifs is 3. The fourth-order valence-corrected chi connectivity index (χ4v) is 2.73. The van der Waals surface area contributed by atoms with E-state index in [0.717, 1.165) is 23.9 Å². The Labute approximate surface area is 107 Å². The summed E-state index contributed by atoms with van der Waals surface area (Å²) in [5.41, 5.74) is 4.89. The Morgan fingerprint density at radius 1 is 1.33 bits per heavy atom. The molecule has 1 aliphatic heterocycles. The van der Waals surface area contributed by atoms with Crippen molar-refractivity contribution in [2.75, 3.05) is 11.9 Å². The number of hydrogen-bond donors (Lipinski definition) is 0. The Bertz CT molecular complexity index is 599. The Balaban J connectivity index is 2.28. The topological polar surface area (TPSA) is 29.3 Å². The van der Waals surface area contributed by atoms with Crippen LogP contribution in [-0.4, -0.2) is 12.0 Å². The van der Waals surface area contributed by atoms with Gasteiger partial charge in [-0.2, -0.15) is 0 Å². The number of hydrogen-bond acceptors (Lipinski definition) is 3. The smallest absolute Gasteiger partial charge is 0.191 e. The quantitative estimate of drug-likeness (QED) is 0.763. The molecule has 0 N–H and O–H groups in total. The van der Waals surface area contributed by atoms with Crippen molar-refractivity contribution in [2.24, 2.45) is 0 Å². The van der Waals surface area contributed by atoms with Crippen molar-refractivity contribution in [1.82, 2.24) is 4.98 Å². The third kappa shape index (κ3) is 1.54. The minimum absolute atomic E-state index is 0.511. The summed E-state index contributed by atoms with van der Waals surface area (Å²) >= 11 is 0. The molecule has 0 radical (unpaired) electrons. The molecule has 0 aliphatic carbocycles. The fraction of sp³-hybridized carbons (Fsp3) is 0.400. The molecular weight excluding hydrogens is 224 g/mol. The number of rotatable bonds is 1. The average molecular weight is 242 g/mol. The van der Waals surface area contributed by atoms with Crippen molar-refractivity contribution >= 4 is 5.69 Å². The van der Waals surface area contributed by atoms with Gasteiger partial charge >= 0.3 is 0 Å². The van der Waals surface area contributed by atoms with Crippen LogP contribution in [0.1, 0.15) is 37.0 Å². The van der Waals surface area contributed by atoms with Crippen LogP contribution >= 0.6 is 0 Å². The number of anilines is 1. The molecule has 0 saturated carbocycles. The zero-order valence-electron chi connectivity index (χ0n) is 11.3. The molecule has 2 heterocycles. The van der Waals surface area contributed by atoms with Crippen LogP contribution in [0.5, 0.6) is 0 Å². The predicted molar refractivity (Wildman–Crippen MR) is 72.9 cm³/mol. The monoisotopic (exact) mass is 242 g/mol. The lowest BCUT2D eigenvalue weighted by molar-refractivity contribution is 0.472. The highest BCUT2D eigenvalue weighted by Gasteiger charge is 2.27. The van der Waals surface area contributed by atoms with E-state index in [4.69, 9.17) is 4.42 Å². The molecule has 0 saturated heterocycles. The summed E-state index contributed by atoms with van der Waals surface area (Å²) in [4.78, 5) is 6.80. The summed E-state index contributed by atoms with van der Waals surface area (Å²) in [5, 5.41) is 0. The maximum absolute atomic E-state index is 5.68. The first-order valence-electron chi connectivity index (χ1n) is 6.38. The van der Waals surface area contributed by atoms with E-state index in [0.29, 0.717) is 5.92 Å².